The van der Waals surface area contributed by atoms with Crippen molar-refractivity contribution in [3.8, 4) is 0 Å². The van der Waals surface area contributed by atoms with E-state index in [1.54, 1.807) is 0 Å². The molecule has 0 spiro atoms. The molecule has 0 aliphatic carbocycles. The number of likely N-dealkylation sites (N-methyl/N-ethyl adjacent to an activating group) is 1. The van der Waals surface area contributed by atoms with Crippen LogP contribution in [0.25, 0.3) is 0 Å². The maximum absolute atomic E-state index is 3.90. The molecule has 0 aromatic heterocycles. The molecule has 1 saturated heterocycles. The molecule has 4 nitrogen and oxygen atoms in total. The third kappa shape index (κ3) is 2.16. The van der Waals surface area contributed by atoms with Gasteiger partial charge < -0.3 is 20.4 Å². The standard InChI is InChI=1S/C14H20N4/c1-11-15-10-12-9-13(3-4-14(12)16-11)18-7-5-17(2)6-8-18/h3-4,9,15-16H,1,5-8,10H2,2H3. The van der Waals surface area contributed by atoms with Crippen molar-refractivity contribution < 1.29 is 0 Å². The minimum atomic E-state index is 0.864. The number of nitrogens with one attached hydrogen (secondary N) is 2. The molecule has 4 heteroatoms. The minimum absolute atomic E-state index is 0.864. The summed E-state index contributed by atoms with van der Waals surface area (Å²) in [7, 11) is 2.18. The van der Waals surface area contributed by atoms with Crippen LogP contribution in [0.2, 0.25) is 0 Å². The number of anilines is 2. The second-order valence-corrected chi connectivity index (χ2v) is 5.09. The van der Waals surface area contributed by atoms with Gasteiger partial charge in [0.2, 0.25) is 0 Å². The van der Waals surface area contributed by atoms with Gasteiger partial charge in [0, 0.05) is 44.1 Å². The van der Waals surface area contributed by atoms with E-state index < -0.39 is 0 Å². The van der Waals surface area contributed by atoms with E-state index in [9.17, 15) is 0 Å². The van der Waals surface area contributed by atoms with E-state index in [0.717, 1.165) is 38.5 Å². The van der Waals surface area contributed by atoms with Gasteiger partial charge in [-0.05, 0) is 30.8 Å². The molecule has 2 heterocycles. The highest BCUT2D eigenvalue weighted by atomic mass is 15.2. The zero-order chi connectivity index (χ0) is 12.5. The number of benzene rings is 1. The lowest BCUT2D eigenvalue weighted by molar-refractivity contribution is 0.313. The average molecular weight is 244 g/mol. The Kier molecular flexibility index (Phi) is 2.88. The maximum Gasteiger partial charge on any atom is 0.0959 e. The first kappa shape index (κ1) is 11.4. The van der Waals surface area contributed by atoms with Gasteiger partial charge in [-0.25, -0.2) is 0 Å². The van der Waals surface area contributed by atoms with E-state index in [0.29, 0.717) is 0 Å². The first-order valence-electron chi connectivity index (χ1n) is 6.48. The van der Waals surface area contributed by atoms with Gasteiger partial charge in [-0.1, -0.05) is 6.58 Å². The van der Waals surface area contributed by atoms with Gasteiger partial charge in [-0.15, -0.1) is 0 Å². The molecular weight excluding hydrogens is 224 g/mol. The van der Waals surface area contributed by atoms with E-state index in [1.807, 2.05) is 0 Å². The maximum atomic E-state index is 3.90. The number of hydrogen-bond donors (Lipinski definition) is 2. The van der Waals surface area contributed by atoms with Crippen molar-refractivity contribution in [2.75, 3.05) is 43.4 Å². The van der Waals surface area contributed by atoms with Crippen LogP contribution in [0.5, 0.6) is 0 Å². The third-order valence-corrected chi connectivity index (χ3v) is 3.74. The number of rotatable bonds is 1. The van der Waals surface area contributed by atoms with Crippen LogP contribution in [0.3, 0.4) is 0 Å². The monoisotopic (exact) mass is 244 g/mol. The highest BCUT2D eigenvalue weighted by molar-refractivity contribution is 5.64. The van der Waals surface area contributed by atoms with Crippen LogP contribution >= 0.6 is 0 Å². The summed E-state index contributed by atoms with van der Waals surface area (Å²) in [4.78, 5) is 4.84. The SMILES string of the molecule is C=C1NCc2cc(N3CCN(C)CC3)ccc2N1. The molecule has 1 aromatic carbocycles. The second kappa shape index (κ2) is 4.53. The van der Waals surface area contributed by atoms with E-state index in [4.69, 9.17) is 0 Å². The lowest BCUT2D eigenvalue weighted by Crippen LogP contribution is -2.44. The fourth-order valence-electron chi connectivity index (χ4n) is 2.52. The van der Waals surface area contributed by atoms with Gasteiger partial charge in [0.1, 0.15) is 0 Å². The Balaban J connectivity index is 1.80. The van der Waals surface area contributed by atoms with Crippen LogP contribution in [0.1, 0.15) is 5.56 Å². The van der Waals surface area contributed by atoms with Crippen LogP contribution < -0.4 is 15.5 Å². The summed E-state index contributed by atoms with van der Waals surface area (Å²) >= 11 is 0. The second-order valence-electron chi connectivity index (χ2n) is 5.09. The Labute approximate surface area is 108 Å². The Morgan fingerprint density at radius 1 is 1.17 bits per heavy atom. The molecule has 3 rings (SSSR count). The van der Waals surface area contributed by atoms with Crippen molar-refractivity contribution in [3.63, 3.8) is 0 Å². The fourth-order valence-corrected chi connectivity index (χ4v) is 2.52. The quantitative estimate of drug-likeness (QED) is 0.782. The fraction of sp³-hybridized carbons (Fsp3) is 0.429. The summed E-state index contributed by atoms with van der Waals surface area (Å²) < 4.78 is 0. The molecule has 2 aliphatic heterocycles. The molecule has 96 valence electrons. The van der Waals surface area contributed by atoms with Crippen molar-refractivity contribution in [3.05, 3.63) is 36.2 Å². The van der Waals surface area contributed by atoms with Gasteiger partial charge in [0.25, 0.3) is 0 Å². The molecule has 1 fully saturated rings. The molecule has 18 heavy (non-hydrogen) atoms. The summed E-state index contributed by atoms with van der Waals surface area (Å²) in [6, 6.07) is 6.65. The van der Waals surface area contributed by atoms with Gasteiger partial charge >= 0.3 is 0 Å². The smallest absolute Gasteiger partial charge is 0.0959 e. The van der Waals surface area contributed by atoms with Gasteiger partial charge in [0.05, 0.1) is 5.82 Å². The number of piperazine rings is 1. The Morgan fingerprint density at radius 2 is 1.94 bits per heavy atom. The van der Waals surface area contributed by atoms with Crippen LogP contribution in [0.15, 0.2) is 30.6 Å². The largest absolute Gasteiger partial charge is 0.369 e. The highest BCUT2D eigenvalue weighted by Gasteiger charge is 2.16. The van der Waals surface area contributed by atoms with Crippen molar-refractivity contribution in [2.45, 2.75) is 6.54 Å². The van der Waals surface area contributed by atoms with Crippen molar-refractivity contribution in [2.24, 2.45) is 0 Å². The molecule has 0 saturated carbocycles. The molecular formula is C14H20N4. The minimum Gasteiger partial charge on any atom is -0.369 e. The topological polar surface area (TPSA) is 30.5 Å². The normalized spacial score (nSPS) is 20.1. The summed E-state index contributed by atoms with van der Waals surface area (Å²) in [6.45, 7) is 9.27. The summed E-state index contributed by atoms with van der Waals surface area (Å²) in [5.74, 6) is 0.884. The first-order chi connectivity index (χ1) is 8.72. The Bertz CT molecular complexity index is 461. The molecule has 0 atom stereocenters. The highest BCUT2D eigenvalue weighted by Crippen LogP contribution is 2.27. The van der Waals surface area contributed by atoms with E-state index in [2.05, 4.69) is 52.3 Å². The molecule has 0 amide bonds. The predicted octanol–water partition coefficient (Wildman–Crippen LogP) is 1.42. The van der Waals surface area contributed by atoms with Crippen molar-refractivity contribution >= 4 is 11.4 Å². The summed E-state index contributed by atoms with van der Waals surface area (Å²) in [5.41, 5.74) is 3.83. The lowest BCUT2D eigenvalue weighted by Gasteiger charge is -2.34. The zero-order valence-electron chi connectivity index (χ0n) is 10.9. The third-order valence-electron chi connectivity index (χ3n) is 3.74. The molecule has 2 N–H and O–H groups in total. The molecule has 0 bridgehead atoms. The van der Waals surface area contributed by atoms with Crippen molar-refractivity contribution in [1.82, 2.24) is 10.2 Å². The van der Waals surface area contributed by atoms with Gasteiger partial charge in [-0.2, -0.15) is 0 Å². The lowest BCUT2D eigenvalue weighted by atomic mass is 10.1. The molecule has 0 unspecified atom stereocenters. The van der Waals surface area contributed by atoms with Crippen LogP contribution in [0, 0.1) is 0 Å². The van der Waals surface area contributed by atoms with E-state index in [-0.39, 0.29) is 0 Å². The first-order valence-corrected chi connectivity index (χ1v) is 6.48. The van der Waals surface area contributed by atoms with Gasteiger partial charge in [0.15, 0.2) is 0 Å². The van der Waals surface area contributed by atoms with Gasteiger partial charge in [-0.3, -0.25) is 0 Å². The van der Waals surface area contributed by atoms with Crippen LogP contribution in [-0.4, -0.2) is 38.1 Å². The van der Waals surface area contributed by atoms with Crippen LogP contribution in [0.4, 0.5) is 11.4 Å². The van der Waals surface area contributed by atoms with E-state index >= 15 is 0 Å². The predicted molar refractivity (Wildman–Crippen MR) is 75.8 cm³/mol. The summed E-state index contributed by atoms with van der Waals surface area (Å²) in [6.07, 6.45) is 0. The number of nitrogens with zero attached hydrogens (tertiary/aromatic N) is 2. The summed E-state index contributed by atoms with van der Waals surface area (Å²) in [5, 5.41) is 6.51. The Hall–Kier alpha value is -1.68. The van der Waals surface area contributed by atoms with Crippen LogP contribution in [-0.2, 0) is 6.54 Å². The zero-order valence-corrected chi connectivity index (χ0v) is 10.9. The number of hydrogen-bond acceptors (Lipinski definition) is 4. The molecule has 1 aromatic rings. The number of fused-ring (bicyclic) bond motifs is 1. The Morgan fingerprint density at radius 3 is 2.72 bits per heavy atom. The van der Waals surface area contributed by atoms with E-state index in [1.165, 1.54) is 16.9 Å². The average Bonchev–Trinajstić information content (AvgIpc) is 2.39. The van der Waals surface area contributed by atoms with Crippen molar-refractivity contribution in [1.29, 1.82) is 0 Å². The molecule has 2 aliphatic rings. The molecule has 0 radical (unpaired) electrons.